The molecule has 0 aliphatic heterocycles. The molecule has 0 saturated carbocycles. The van der Waals surface area contributed by atoms with Gasteiger partial charge in [0.05, 0.1) is 11.8 Å². The lowest BCUT2D eigenvalue weighted by atomic mass is 10.1. The number of aryl methyl sites for hydroxylation is 1. The van der Waals surface area contributed by atoms with E-state index in [1.807, 2.05) is 0 Å². The predicted molar refractivity (Wildman–Crippen MR) is 65.7 cm³/mol. The lowest BCUT2D eigenvalue weighted by Crippen LogP contribution is -2.12. The van der Waals surface area contributed by atoms with Gasteiger partial charge in [0.1, 0.15) is 11.6 Å². The first-order valence-electron chi connectivity index (χ1n) is 5.45. The van der Waals surface area contributed by atoms with Gasteiger partial charge >= 0.3 is 0 Å². The maximum absolute atomic E-state index is 13.2. The van der Waals surface area contributed by atoms with Crippen LogP contribution in [0.15, 0.2) is 34.9 Å². The van der Waals surface area contributed by atoms with E-state index in [2.05, 4.69) is 5.32 Å². The smallest absolute Gasteiger partial charge is 0.259 e. The number of nitrogens with two attached hydrogens (primary N) is 1. The lowest BCUT2D eigenvalue weighted by molar-refractivity contribution is 0.102. The summed E-state index contributed by atoms with van der Waals surface area (Å²) in [6, 6.07) is 5.86. The molecule has 1 heterocycles. The Morgan fingerprint density at radius 2 is 2.22 bits per heavy atom. The van der Waals surface area contributed by atoms with Crippen molar-refractivity contribution in [1.82, 2.24) is 0 Å². The van der Waals surface area contributed by atoms with Crippen LogP contribution in [0.3, 0.4) is 0 Å². The molecule has 18 heavy (non-hydrogen) atoms. The summed E-state index contributed by atoms with van der Waals surface area (Å²) in [6.07, 6.45) is 1.44. The number of nitrogens with one attached hydrogen (secondary N) is 1. The third kappa shape index (κ3) is 2.41. The number of carbonyl (C=O) groups is 1. The highest BCUT2D eigenvalue weighted by molar-refractivity contribution is 6.04. The van der Waals surface area contributed by atoms with Gasteiger partial charge in [-0.3, -0.25) is 4.79 Å². The third-order valence-electron chi connectivity index (χ3n) is 2.63. The lowest BCUT2D eigenvalue weighted by Gasteiger charge is -2.07. The Morgan fingerprint density at radius 1 is 1.44 bits per heavy atom. The SMILES string of the molecule is Cc1occc1C(=O)Nc1ccc(F)c(CN)c1. The first kappa shape index (κ1) is 12.3. The molecule has 0 fully saturated rings. The molecule has 3 N–H and O–H groups in total. The van der Waals surface area contributed by atoms with Crippen LogP contribution in [0.4, 0.5) is 10.1 Å². The Labute approximate surface area is 104 Å². The van der Waals surface area contributed by atoms with Gasteiger partial charge in [-0.05, 0) is 31.2 Å². The highest BCUT2D eigenvalue weighted by atomic mass is 19.1. The zero-order valence-corrected chi connectivity index (χ0v) is 9.87. The molecule has 1 amide bonds. The monoisotopic (exact) mass is 248 g/mol. The highest BCUT2D eigenvalue weighted by Gasteiger charge is 2.12. The number of hydrogen-bond acceptors (Lipinski definition) is 3. The van der Waals surface area contributed by atoms with Gasteiger partial charge in [-0.2, -0.15) is 0 Å². The normalized spacial score (nSPS) is 10.4. The molecule has 0 saturated heterocycles. The van der Waals surface area contributed by atoms with Gasteiger partial charge in [-0.15, -0.1) is 0 Å². The van der Waals surface area contributed by atoms with Crippen molar-refractivity contribution in [3.63, 3.8) is 0 Å². The van der Waals surface area contributed by atoms with Gasteiger partial charge in [0.25, 0.3) is 5.91 Å². The topological polar surface area (TPSA) is 68.3 Å². The minimum Gasteiger partial charge on any atom is -0.469 e. The summed E-state index contributed by atoms with van der Waals surface area (Å²) in [6.45, 7) is 1.78. The Balaban J connectivity index is 2.20. The van der Waals surface area contributed by atoms with Gasteiger partial charge < -0.3 is 15.5 Å². The molecule has 0 radical (unpaired) electrons. The van der Waals surface area contributed by atoms with Crippen molar-refractivity contribution in [3.05, 3.63) is 53.2 Å². The summed E-state index contributed by atoms with van der Waals surface area (Å²) < 4.78 is 18.3. The standard InChI is InChI=1S/C13H13FN2O2/c1-8-11(4-5-18-8)13(17)16-10-2-3-12(14)9(6-10)7-15/h2-6H,7,15H2,1H3,(H,16,17). The number of halogens is 1. The predicted octanol–water partition coefficient (Wildman–Crippen LogP) is 2.44. The Kier molecular flexibility index (Phi) is 3.43. The van der Waals surface area contributed by atoms with E-state index < -0.39 is 0 Å². The number of hydrogen-bond donors (Lipinski definition) is 2. The maximum Gasteiger partial charge on any atom is 0.259 e. The number of anilines is 1. The minimum atomic E-state index is -0.380. The molecule has 4 nitrogen and oxygen atoms in total. The molecule has 94 valence electrons. The third-order valence-corrected chi connectivity index (χ3v) is 2.63. The van der Waals surface area contributed by atoms with Gasteiger partial charge in [-0.25, -0.2) is 4.39 Å². The van der Waals surface area contributed by atoms with Crippen LogP contribution in [0, 0.1) is 12.7 Å². The van der Waals surface area contributed by atoms with E-state index in [0.29, 0.717) is 22.6 Å². The quantitative estimate of drug-likeness (QED) is 0.876. The molecular formula is C13H13FN2O2. The van der Waals surface area contributed by atoms with Gasteiger partial charge in [0.2, 0.25) is 0 Å². The molecular weight excluding hydrogens is 235 g/mol. The van der Waals surface area contributed by atoms with Crippen molar-refractivity contribution in [2.75, 3.05) is 5.32 Å². The van der Waals surface area contributed by atoms with Gasteiger partial charge in [-0.1, -0.05) is 0 Å². The van der Waals surface area contributed by atoms with Crippen LogP contribution in [0.5, 0.6) is 0 Å². The van der Waals surface area contributed by atoms with E-state index in [9.17, 15) is 9.18 Å². The molecule has 1 aromatic carbocycles. The van der Waals surface area contributed by atoms with Crippen LogP contribution in [0.2, 0.25) is 0 Å². The highest BCUT2D eigenvalue weighted by Crippen LogP contribution is 2.16. The van der Waals surface area contributed by atoms with E-state index in [1.165, 1.54) is 24.5 Å². The second kappa shape index (κ2) is 5.01. The van der Waals surface area contributed by atoms with Crippen LogP contribution in [0.1, 0.15) is 21.7 Å². The first-order chi connectivity index (χ1) is 8.61. The second-order valence-corrected chi connectivity index (χ2v) is 3.85. The Morgan fingerprint density at radius 3 is 2.83 bits per heavy atom. The number of carbonyl (C=O) groups excluding carboxylic acids is 1. The van der Waals surface area contributed by atoms with Gasteiger partial charge in [0, 0.05) is 17.8 Å². The molecule has 5 heteroatoms. The van der Waals surface area contributed by atoms with Crippen molar-refractivity contribution in [3.8, 4) is 0 Å². The molecule has 0 spiro atoms. The van der Waals surface area contributed by atoms with E-state index in [4.69, 9.17) is 10.2 Å². The summed E-state index contributed by atoms with van der Waals surface area (Å²) in [5.41, 5.74) is 6.71. The Bertz CT molecular complexity index is 578. The maximum atomic E-state index is 13.2. The molecule has 0 unspecified atom stereocenters. The average molecular weight is 248 g/mol. The molecule has 0 atom stereocenters. The summed E-state index contributed by atoms with van der Waals surface area (Å²) in [4.78, 5) is 11.9. The van der Waals surface area contributed by atoms with E-state index in [1.54, 1.807) is 13.0 Å². The Hall–Kier alpha value is -2.14. The first-order valence-corrected chi connectivity index (χ1v) is 5.45. The largest absolute Gasteiger partial charge is 0.469 e. The van der Waals surface area contributed by atoms with Crippen molar-refractivity contribution in [1.29, 1.82) is 0 Å². The van der Waals surface area contributed by atoms with Crippen LogP contribution >= 0.6 is 0 Å². The van der Waals surface area contributed by atoms with Crippen molar-refractivity contribution in [2.45, 2.75) is 13.5 Å². The van der Waals surface area contributed by atoms with E-state index in [-0.39, 0.29) is 18.3 Å². The average Bonchev–Trinajstić information content (AvgIpc) is 2.78. The van der Waals surface area contributed by atoms with Crippen molar-refractivity contribution in [2.24, 2.45) is 5.73 Å². The number of amides is 1. The van der Waals surface area contributed by atoms with E-state index >= 15 is 0 Å². The van der Waals surface area contributed by atoms with Crippen LogP contribution in [-0.4, -0.2) is 5.91 Å². The summed E-state index contributed by atoms with van der Waals surface area (Å²) in [5, 5.41) is 2.67. The molecule has 1 aromatic heterocycles. The fourth-order valence-corrected chi connectivity index (χ4v) is 1.63. The van der Waals surface area contributed by atoms with Crippen molar-refractivity contribution < 1.29 is 13.6 Å². The van der Waals surface area contributed by atoms with Crippen molar-refractivity contribution >= 4 is 11.6 Å². The second-order valence-electron chi connectivity index (χ2n) is 3.85. The molecule has 2 rings (SSSR count). The number of rotatable bonds is 3. The van der Waals surface area contributed by atoms with Crippen LogP contribution < -0.4 is 11.1 Å². The fraction of sp³-hybridized carbons (Fsp3) is 0.154. The molecule has 2 aromatic rings. The zero-order chi connectivity index (χ0) is 13.1. The summed E-state index contributed by atoms with van der Waals surface area (Å²) in [5.74, 6) is -0.139. The number of furan rings is 1. The van der Waals surface area contributed by atoms with Crippen LogP contribution in [0.25, 0.3) is 0 Å². The van der Waals surface area contributed by atoms with E-state index in [0.717, 1.165) is 0 Å². The zero-order valence-electron chi connectivity index (χ0n) is 9.87. The number of benzene rings is 1. The summed E-state index contributed by atoms with van der Waals surface area (Å²) >= 11 is 0. The minimum absolute atomic E-state index is 0.0836. The molecule has 0 aliphatic rings. The van der Waals surface area contributed by atoms with Gasteiger partial charge in [0.15, 0.2) is 0 Å². The van der Waals surface area contributed by atoms with Crippen LogP contribution in [-0.2, 0) is 6.54 Å². The fourth-order valence-electron chi connectivity index (χ4n) is 1.63. The summed E-state index contributed by atoms with van der Waals surface area (Å²) in [7, 11) is 0. The molecule has 0 bridgehead atoms. The molecule has 0 aliphatic carbocycles.